The van der Waals surface area contributed by atoms with Crippen LogP contribution in [0.25, 0.3) is 33.4 Å². The van der Waals surface area contributed by atoms with Gasteiger partial charge in [-0.15, -0.1) is 0 Å². The van der Waals surface area contributed by atoms with E-state index >= 15 is 0 Å². The molecule has 6 heteroatoms. The Morgan fingerprint density at radius 1 is 0.500 bits per heavy atom. The molecule has 0 bridgehead atoms. The average Bonchev–Trinajstić information content (AvgIpc) is 3.62. The Hall–Kier alpha value is -3.54. The zero-order valence-electron chi connectivity index (χ0n) is 26.2. The fourth-order valence-corrected chi connectivity index (χ4v) is 5.92. The van der Waals surface area contributed by atoms with E-state index < -0.39 is 0 Å². The molecule has 6 nitrogen and oxygen atoms in total. The van der Waals surface area contributed by atoms with Crippen LogP contribution < -0.4 is 0 Å². The summed E-state index contributed by atoms with van der Waals surface area (Å²) < 4.78 is 4.06. The highest BCUT2D eigenvalue weighted by Gasteiger charge is 2.20. The van der Waals surface area contributed by atoms with E-state index in [0.29, 0.717) is 0 Å². The van der Waals surface area contributed by atoms with E-state index in [2.05, 4.69) is 64.1 Å². The molecule has 0 saturated carbocycles. The van der Waals surface area contributed by atoms with Crippen molar-refractivity contribution in [2.24, 2.45) is 0 Å². The molecule has 0 aliphatic carbocycles. The van der Waals surface area contributed by atoms with Crippen molar-refractivity contribution in [2.75, 3.05) is 0 Å². The first-order valence-corrected chi connectivity index (χ1v) is 16.5. The van der Waals surface area contributed by atoms with Gasteiger partial charge in [-0.1, -0.05) is 103 Å². The Balaban J connectivity index is 1.55. The Labute approximate surface area is 251 Å². The van der Waals surface area contributed by atoms with Crippen LogP contribution in [0.3, 0.4) is 0 Å². The molecule has 0 amide bonds. The van der Waals surface area contributed by atoms with Crippen LogP contribution in [0.4, 0.5) is 0 Å². The fraction of sp³-hybridized carbons (Fsp3) is 0.500. The molecule has 5 rings (SSSR count). The molecule has 0 unspecified atom stereocenters. The van der Waals surface area contributed by atoms with Crippen LogP contribution in [0, 0.1) is 0 Å². The molecule has 3 heterocycles. The molecule has 222 valence electrons. The number of hydrogen-bond donors (Lipinski definition) is 0. The molecule has 0 aliphatic rings. The number of fused-ring (bicyclic) bond motifs is 2. The van der Waals surface area contributed by atoms with E-state index in [0.717, 1.165) is 83.4 Å². The summed E-state index contributed by atoms with van der Waals surface area (Å²) in [5.41, 5.74) is 6.91. The highest BCUT2D eigenvalue weighted by molar-refractivity contribution is 5.82. The van der Waals surface area contributed by atoms with Crippen molar-refractivity contribution in [2.45, 2.75) is 118 Å². The second-order valence-electron chi connectivity index (χ2n) is 11.8. The van der Waals surface area contributed by atoms with Crippen LogP contribution in [-0.2, 0) is 25.7 Å². The second kappa shape index (κ2) is 14.6. The first-order chi connectivity index (χ1) is 20.7. The lowest BCUT2D eigenvalue weighted by Gasteiger charge is -2.16. The van der Waals surface area contributed by atoms with Gasteiger partial charge in [0, 0.05) is 10.8 Å². The summed E-state index contributed by atoms with van der Waals surface area (Å²) in [7, 11) is 0. The highest BCUT2D eigenvalue weighted by atomic mass is 15.3. The number of unbranched alkanes of at least 4 members (excludes halogenated alkanes) is 6. The van der Waals surface area contributed by atoms with Crippen molar-refractivity contribution in [3.05, 3.63) is 71.3 Å². The quantitative estimate of drug-likeness (QED) is 0.112. The summed E-state index contributed by atoms with van der Waals surface area (Å²) in [5.74, 6) is 1.71. The Kier molecular flexibility index (Phi) is 10.4. The van der Waals surface area contributed by atoms with Crippen molar-refractivity contribution in [1.29, 1.82) is 0 Å². The molecule has 0 spiro atoms. The third-order valence-electron chi connectivity index (χ3n) is 8.28. The molecule has 0 saturated heterocycles. The van der Waals surface area contributed by atoms with Gasteiger partial charge in [-0.3, -0.25) is 0 Å². The normalized spacial score (nSPS) is 11.7. The molecule has 0 atom stereocenters. The zero-order chi connectivity index (χ0) is 29.3. The molecular weight excluding hydrogens is 516 g/mol. The van der Waals surface area contributed by atoms with Crippen LogP contribution >= 0.6 is 0 Å². The maximum Gasteiger partial charge on any atom is 0.176 e. The van der Waals surface area contributed by atoms with Gasteiger partial charge >= 0.3 is 0 Å². The predicted molar refractivity (Wildman–Crippen MR) is 175 cm³/mol. The van der Waals surface area contributed by atoms with Gasteiger partial charge in [-0.25, -0.2) is 19.3 Å². The summed E-state index contributed by atoms with van der Waals surface area (Å²) >= 11 is 0. The first kappa shape index (κ1) is 29.9. The van der Waals surface area contributed by atoms with Crippen molar-refractivity contribution in [3.63, 3.8) is 0 Å². The summed E-state index contributed by atoms with van der Waals surface area (Å²) in [6, 6.07) is 13.5. The number of rotatable bonds is 16. The van der Waals surface area contributed by atoms with Crippen LogP contribution in [0.15, 0.2) is 48.8 Å². The number of hydrogen-bond acceptors (Lipinski definition) is 4. The van der Waals surface area contributed by atoms with Gasteiger partial charge in [0.15, 0.2) is 11.6 Å². The van der Waals surface area contributed by atoms with Gasteiger partial charge in [0.05, 0.1) is 34.8 Å². The molecule has 0 radical (unpaired) electrons. The van der Waals surface area contributed by atoms with Crippen molar-refractivity contribution >= 4 is 21.8 Å². The van der Waals surface area contributed by atoms with Gasteiger partial charge in [0.2, 0.25) is 0 Å². The highest BCUT2D eigenvalue weighted by Crippen LogP contribution is 2.27. The van der Waals surface area contributed by atoms with E-state index in [9.17, 15) is 0 Å². The minimum Gasteiger partial charge on any atom is -0.228 e. The molecule has 0 N–H and O–H groups in total. The van der Waals surface area contributed by atoms with Crippen molar-refractivity contribution in [1.82, 2.24) is 29.5 Å². The SMILES string of the molecule is CCCCCCc1ccc2cnn(-c3nc(CCC)c(-n4ncc5ccc(CCCCCC)cc54)nc3CCC)c2c1. The van der Waals surface area contributed by atoms with Crippen LogP contribution in [-0.4, -0.2) is 29.5 Å². The minimum atomic E-state index is 0.835. The summed E-state index contributed by atoms with van der Waals surface area (Å²) in [6.45, 7) is 8.93. The molecule has 0 aliphatic heterocycles. The van der Waals surface area contributed by atoms with Crippen LogP contribution in [0.5, 0.6) is 0 Å². The van der Waals surface area contributed by atoms with Gasteiger partial charge < -0.3 is 0 Å². The lowest BCUT2D eigenvalue weighted by molar-refractivity contribution is 0.667. The van der Waals surface area contributed by atoms with Crippen LogP contribution in [0.1, 0.15) is 114 Å². The minimum absolute atomic E-state index is 0.835. The van der Waals surface area contributed by atoms with E-state index in [4.69, 9.17) is 20.2 Å². The summed E-state index contributed by atoms with van der Waals surface area (Å²) in [5, 5.41) is 12.0. The summed E-state index contributed by atoms with van der Waals surface area (Å²) in [4.78, 5) is 10.6. The number of benzene rings is 2. The lowest BCUT2D eigenvalue weighted by Crippen LogP contribution is -2.15. The Bertz CT molecular complexity index is 1470. The molecule has 0 fully saturated rings. The number of aromatic nitrogens is 6. The van der Waals surface area contributed by atoms with Gasteiger partial charge in [-0.05, 0) is 61.8 Å². The van der Waals surface area contributed by atoms with E-state index in [1.807, 2.05) is 21.8 Å². The zero-order valence-corrected chi connectivity index (χ0v) is 26.2. The maximum atomic E-state index is 5.32. The van der Waals surface area contributed by atoms with E-state index in [1.165, 1.54) is 62.5 Å². The summed E-state index contributed by atoms with van der Waals surface area (Å²) in [6.07, 6.45) is 19.9. The monoisotopic (exact) mass is 564 g/mol. The van der Waals surface area contributed by atoms with Gasteiger partial charge in [-0.2, -0.15) is 10.2 Å². The first-order valence-electron chi connectivity index (χ1n) is 16.5. The third-order valence-corrected chi connectivity index (χ3v) is 8.28. The van der Waals surface area contributed by atoms with Gasteiger partial charge in [0.1, 0.15) is 0 Å². The van der Waals surface area contributed by atoms with Crippen molar-refractivity contribution < 1.29 is 0 Å². The molecule has 3 aromatic heterocycles. The second-order valence-corrected chi connectivity index (χ2v) is 11.8. The molecule has 5 aromatic rings. The topological polar surface area (TPSA) is 61.4 Å². The fourth-order valence-electron chi connectivity index (χ4n) is 5.92. The van der Waals surface area contributed by atoms with E-state index in [-0.39, 0.29) is 0 Å². The molecule has 42 heavy (non-hydrogen) atoms. The smallest absolute Gasteiger partial charge is 0.176 e. The average molecular weight is 565 g/mol. The lowest BCUT2D eigenvalue weighted by atomic mass is 10.0. The number of nitrogens with zero attached hydrogens (tertiary/aromatic N) is 6. The maximum absolute atomic E-state index is 5.32. The predicted octanol–water partition coefficient (Wildman–Crippen LogP) is 9.30. The Morgan fingerprint density at radius 2 is 0.952 bits per heavy atom. The molecular formula is C36H48N6. The molecule has 2 aromatic carbocycles. The Morgan fingerprint density at radius 3 is 1.36 bits per heavy atom. The van der Waals surface area contributed by atoms with Crippen molar-refractivity contribution in [3.8, 4) is 11.6 Å². The standard InChI is InChI=1S/C36H48N6/c1-5-9-11-13-17-27-19-21-29-25-37-41(33(29)23-27)35-31(15-7-3)40-36(32(39-35)16-8-4)42-34-24-28(18-14-12-10-6-2)20-22-30(34)26-38-42/h19-26H,5-18H2,1-4H3. The van der Waals surface area contributed by atoms with E-state index in [1.54, 1.807) is 0 Å². The van der Waals surface area contributed by atoms with Gasteiger partial charge in [0.25, 0.3) is 0 Å². The largest absolute Gasteiger partial charge is 0.228 e. The number of aryl methyl sites for hydroxylation is 4. The third kappa shape index (κ3) is 6.74. The van der Waals surface area contributed by atoms with Crippen LogP contribution in [0.2, 0.25) is 0 Å².